The van der Waals surface area contributed by atoms with E-state index in [4.69, 9.17) is 15.0 Å². The zero-order valence-electron chi connectivity index (χ0n) is 15.5. The van der Waals surface area contributed by atoms with E-state index in [-0.39, 0.29) is 49.6 Å². The Balaban J connectivity index is 0.00000208. The summed E-state index contributed by atoms with van der Waals surface area (Å²) in [6.07, 6.45) is 3.28. The summed E-state index contributed by atoms with van der Waals surface area (Å²) in [7, 11) is -0.363. The maximum Gasteiger partial charge on any atom is 0.481 e. The zero-order valence-corrected chi connectivity index (χ0v) is 16.2. The van der Waals surface area contributed by atoms with Gasteiger partial charge >= 0.3 is 7.12 Å². The van der Waals surface area contributed by atoms with Crippen molar-refractivity contribution in [2.24, 2.45) is 28.9 Å². The highest BCUT2D eigenvalue weighted by Gasteiger charge is 2.68. The van der Waals surface area contributed by atoms with Crippen LogP contribution in [0.5, 0.6) is 0 Å². The Morgan fingerprint density at radius 1 is 1.33 bits per heavy atom. The van der Waals surface area contributed by atoms with Crippen molar-refractivity contribution in [2.75, 3.05) is 6.54 Å². The summed E-state index contributed by atoms with van der Waals surface area (Å²) in [6, 6.07) is 0. The van der Waals surface area contributed by atoms with Crippen LogP contribution in [-0.4, -0.2) is 37.2 Å². The van der Waals surface area contributed by atoms with E-state index in [2.05, 4.69) is 39.9 Å². The van der Waals surface area contributed by atoms with Crippen LogP contribution in [0.2, 0.25) is 0 Å². The maximum absolute atomic E-state index is 11.8. The van der Waals surface area contributed by atoms with Crippen molar-refractivity contribution in [3.05, 3.63) is 0 Å². The lowest BCUT2D eigenvalue weighted by molar-refractivity contribution is -0.199. The molecule has 0 unspecified atom stereocenters. The van der Waals surface area contributed by atoms with E-state index in [0.717, 1.165) is 18.8 Å². The fourth-order valence-electron chi connectivity index (χ4n) is 5.08. The van der Waals surface area contributed by atoms with Crippen molar-refractivity contribution in [1.82, 2.24) is 5.32 Å². The third-order valence-corrected chi connectivity index (χ3v) is 6.55. The summed E-state index contributed by atoms with van der Waals surface area (Å²) >= 11 is 0. The monoisotopic (exact) mass is 357 g/mol. The first kappa shape index (κ1) is 20.0. The average Bonchev–Trinajstić information content (AvgIpc) is 2.82. The molecule has 4 fully saturated rings. The Bertz CT molecular complexity index is 490. The van der Waals surface area contributed by atoms with Gasteiger partial charge in [-0.3, -0.25) is 4.79 Å². The van der Waals surface area contributed by atoms with Crippen LogP contribution in [0.3, 0.4) is 0 Å². The molecule has 0 aromatic heterocycles. The number of nitrogens with two attached hydrogens (primary N) is 1. The molecule has 7 heteroatoms. The number of carbonyl (C=O) groups excluding carboxylic acids is 1. The molecule has 1 aliphatic heterocycles. The number of carbonyl (C=O) groups is 1. The first-order chi connectivity index (χ1) is 10.7. The van der Waals surface area contributed by atoms with Gasteiger partial charge < -0.3 is 32.8 Å². The fraction of sp³-hybridized carbons (Fsp3) is 0.941. The Morgan fingerprint density at radius 3 is 2.54 bits per heavy atom. The van der Waals surface area contributed by atoms with Crippen LogP contribution >= 0.6 is 0 Å². The van der Waals surface area contributed by atoms with E-state index in [0.29, 0.717) is 17.3 Å². The van der Waals surface area contributed by atoms with Crippen LogP contribution in [-0.2, 0) is 14.1 Å². The Kier molecular flexibility index (Phi) is 5.66. The second-order valence-corrected chi connectivity index (χ2v) is 8.84. The molecule has 3 N–H and O–H groups in total. The van der Waals surface area contributed by atoms with Crippen LogP contribution < -0.4 is 23.5 Å². The van der Waals surface area contributed by atoms with E-state index in [1.807, 2.05) is 0 Å². The van der Waals surface area contributed by atoms with E-state index >= 15 is 0 Å². The number of hydrogen-bond donors (Lipinski definition) is 2. The minimum absolute atomic E-state index is 0. The van der Waals surface area contributed by atoms with E-state index in [1.165, 1.54) is 6.42 Å². The molecule has 5 atom stereocenters. The molecule has 138 valence electrons. The molecule has 1 saturated heterocycles. The second kappa shape index (κ2) is 6.78. The summed E-state index contributed by atoms with van der Waals surface area (Å²) in [5.74, 6) is 1.44. The topological polar surface area (TPSA) is 73.6 Å². The van der Waals surface area contributed by atoms with Crippen LogP contribution in [0.4, 0.5) is 0 Å². The Labute approximate surface area is 152 Å². The van der Waals surface area contributed by atoms with Gasteiger partial charge in [0, 0.05) is 0 Å². The van der Waals surface area contributed by atoms with E-state index in [9.17, 15) is 4.79 Å². The molecule has 0 aromatic rings. The summed E-state index contributed by atoms with van der Waals surface area (Å²) in [6.45, 7) is 11.2. The predicted molar refractivity (Wildman–Crippen MR) is 90.6 cm³/mol. The highest BCUT2D eigenvalue weighted by atomic mass is 35.5. The molecule has 2 bridgehead atoms. The lowest BCUT2D eigenvalue weighted by Crippen LogP contribution is -3.00. The van der Waals surface area contributed by atoms with Gasteiger partial charge in [-0.2, -0.15) is 0 Å². The van der Waals surface area contributed by atoms with Gasteiger partial charge in [0.2, 0.25) is 5.91 Å². The van der Waals surface area contributed by atoms with Crippen molar-refractivity contribution in [3.8, 4) is 0 Å². The van der Waals surface area contributed by atoms with Crippen molar-refractivity contribution in [2.45, 2.75) is 71.5 Å². The standard InChI is InChI=1S/C17H31BN2O3.ClH/c1-10(2)6-14(20-15(21)9-19)18-22-13-8-11-7-12(16(11,3)4)17(13,5)23-18;/h10-14H,6-9,19H2,1-5H3,(H,20,21);1H/p-1/t11-,12+,13-,14+,17+;/m1./s1. The molecule has 0 aromatic carbocycles. The summed E-state index contributed by atoms with van der Waals surface area (Å²) in [4.78, 5) is 11.8. The first-order valence-corrected chi connectivity index (χ1v) is 9.01. The minimum atomic E-state index is -0.363. The van der Waals surface area contributed by atoms with Crippen LogP contribution in [0.25, 0.3) is 0 Å². The summed E-state index contributed by atoms with van der Waals surface area (Å²) < 4.78 is 12.8. The van der Waals surface area contributed by atoms with Gasteiger partial charge in [0.05, 0.1) is 24.2 Å². The van der Waals surface area contributed by atoms with Crippen LogP contribution in [0.15, 0.2) is 0 Å². The van der Waals surface area contributed by atoms with Gasteiger partial charge in [0.15, 0.2) is 0 Å². The van der Waals surface area contributed by atoms with Gasteiger partial charge in [-0.1, -0.05) is 27.7 Å². The van der Waals surface area contributed by atoms with Crippen molar-refractivity contribution >= 4 is 13.0 Å². The van der Waals surface area contributed by atoms with Gasteiger partial charge in [0.1, 0.15) is 0 Å². The van der Waals surface area contributed by atoms with Crippen LogP contribution in [0, 0.1) is 23.2 Å². The smallest absolute Gasteiger partial charge is 0.481 e. The quantitative estimate of drug-likeness (QED) is 0.603. The van der Waals surface area contributed by atoms with Crippen molar-refractivity contribution in [3.63, 3.8) is 0 Å². The summed E-state index contributed by atoms with van der Waals surface area (Å²) in [5, 5.41) is 3.00. The van der Waals surface area contributed by atoms with Crippen molar-refractivity contribution < 1.29 is 26.5 Å². The molecule has 4 rings (SSSR count). The Hall–Kier alpha value is -0.295. The molecule has 0 radical (unpaired) electrons. The molecule has 5 nitrogen and oxygen atoms in total. The normalized spacial score (nSPS) is 37.3. The third-order valence-electron chi connectivity index (χ3n) is 6.55. The molecule has 1 amide bonds. The number of nitrogens with one attached hydrogen (secondary N) is 1. The van der Waals surface area contributed by atoms with Crippen molar-refractivity contribution in [1.29, 1.82) is 0 Å². The lowest BCUT2D eigenvalue weighted by Gasteiger charge is -2.64. The largest absolute Gasteiger partial charge is 1.00 e. The molecule has 4 aliphatic rings. The Morgan fingerprint density at radius 2 is 2.00 bits per heavy atom. The molecule has 3 saturated carbocycles. The van der Waals surface area contributed by atoms with Gasteiger partial charge in [-0.25, -0.2) is 0 Å². The number of hydrogen-bond acceptors (Lipinski definition) is 4. The molecular formula is C17H31BClN2O3-. The average molecular weight is 358 g/mol. The SMILES string of the molecule is CC(C)C[C@H](NC(=O)CN)B1O[C@@H]2C[C@H]3C[C@@H](C3(C)C)[C@]2(C)O1.[Cl-]. The third kappa shape index (κ3) is 3.11. The lowest BCUT2D eigenvalue weighted by atomic mass is 9.43. The number of rotatable bonds is 5. The molecular weight excluding hydrogens is 326 g/mol. The summed E-state index contributed by atoms with van der Waals surface area (Å²) in [5.41, 5.74) is 5.56. The molecule has 1 heterocycles. The number of halogens is 1. The van der Waals surface area contributed by atoms with Crippen LogP contribution in [0.1, 0.15) is 53.9 Å². The predicted octanol–water partition coefficient (Wildman–Crippen LogP) is -1.25. The van der Waals surface area contributed by atoms with E-state index in [1.54, 1.807) is 0 Å². The zero-order chi connectivity index (χ0) is 17.0. The fourth-order valence-corrected chi connectivity index (χ4v) is 5.08. The molecule has 24 heavy (non-hydrogen) atoms. The first-order valence-electron chi connectivity index (χ1n) is 9.01. The minimum Gasteiger partial charge on any atom is -1.00 e. The molecule has 3 aliphatic carbocycles. The number of amides is 1. The van der Waals surface area contributed by atoms with Gasteiger partial charge in [-0.15, -0.1) is 0 Å². The maximum atomic E-state index is 11.8. The second-order valence-electron chi connectivity index (χ2n) is 8.84. The highest BCUT2D eigenvalue weighted by Crippen LogP contribution is 2.65. The molecule has 0 spiro atoms. The van der Waals surface area contributed by atoms with Gasteiger partial charge in [0.25, 0.3) is 0 Å². The van der Waals surface area contributed by atoms with Gasteiger partial charge in [-0.05, 0) is 49.4 Å². The highest BCUT2D eigenvalue weighted by molar-refractivity contribution is 6.47. The van der Waals surface area contributed by atoms with E-state index < -0.39 is 0 Å².